The normalized spacial score (nSPS) is 12.8. The van der Waals surface area contributed by atoms with E-state index in [0.29, 0.717) is 0 Å². The molecule has 2 heteroatoms. The van der Waals surface area contributed by atoms with Crippen LogP contribution < -0.4 is 10.6 Å². The quantitative estimate of drug-likeness (QED) is 0.179. The van der Waals surface area contributed by atoms with Gasteiger partial charge >= 0.3 is 0 Å². The summed E-state index contributed by atoms with van der Waals surface area (Å²) in [6.07, 6.45) is 0. The molecule has 9 rings (SSSR count). The Morgan fingerprint density at radius 3 is 1.75 bits per heavy atom. The van der Waals surface area contributed by atoms with E-state index >= 15 is 0 Å². The van der Waals surface area contributed by atoms with Crippen LogP contribution in [0.2, 0.25) is 0 Å². The van der Waals surface area contributed by atoms with E-state index in [0.717, 1.165) is 22.7 Å². The zero-order chi connectivity index (χ0) is 35.4. The van der Waals surface area contributed by atoms with Crippen molar-refractivity contribution in [3.05, 3.63) is 215 Å². The first kappa shape index (κ1) is 31.6. The van der Waals surface area contributed by atoms with E-state index < -0.39 is 5.41 Å². The maximum Gasteiger partial charge on any atom is 0.0714 e. The minimum Gasteiger partial charge on any atom is -0.399 e. The minimum atomic E-state index is -0.545. The van der Waals surface area contributed by atoms with Crippen molar-refractivity contribution in [3.63, 3.8) is 0 Å². The fraction of sp³-hybridized carbons (Fsp3) is 0.0800. The largest absolute Gasteiger partial charge is 0.399 e. The van der Waals surface area contributed by atoms with Crippen LogP contribution in [0.15, 0.2) is 176 Å². The lowest BCUT2D eigenvalue weighted by Crippen LogP contribution is -2.29. The molecule has 52 heavy (non-hydrogen) atoms. The molecular weight excluding hydrogens is 629 g/mol. The predicted molar refractivity (Wildman–Crippen MR) is 220 cm³/mol. The van der Waals surface area contributed by atoms with Gasteiger partial charge in [0.25, 0.3) is 0 Å². The van der Waals surface area contributed by atoms with Crippen LogP contribution in [0.5, 0.6) is 0 Å². The Morgan fingerprint density at radius 2 is 1.06 bits per heavy atom. The molecule has 8 aromatic rings. The van der Waals surface area contributed by atoms with Gasteiger partial charge in [0.05, 0.1) is 16.8 Å². The van der Waals surface area contributed by atoms with Gasteiger partial charge in [-0.1, -0.05) is 145 Å². The molecule has 0 radical (unpaired) electrons. The number of rotatable bonds is 6. The summed E-state index contributed by atoms with van der Waals surface area (Å²) in [4.78, 5) is 2.46. The molecule has 0 heterocycles. The van der Waals surface area contributed by atoms with Gasteiger partial charge in [-0.15, -0.1) is 0 Å². The molecule has 0 aliphatic heterocycles. The standard InChI is InChI=1S/C50H40N2/c1-33-25-30-43-44(31-33)50(36-17-6-4-7-18-36,37-19-8-5-9-20-37)45-32-47(41-22-12-13-23-42(41)49(43)45)52(39-28-26-38(51)27-29-39)46-24-14-16-35(3)48(46)40-21-11-10-15-34(40)2/h4-32H,51H2,1-3H3. The van der Waals surface area contributed by atoms with Crippen molar-refractivity contribution in [2.45, 2.75) is 26.2 Å². The van der Waals surface area contributed by atoms with Crippen molar-refractivity contribution >= 4 is 33.5 Å². The fourth-order valence-corrected chi connectivity index (χ4v) is 8.70. The monoisotopic (exact) mass is 668 g/mol. The van der Waals surface area contributed by atoms with Crippen molar-refractivity contribution in [1.29, 1.82) is 0 Å². The second-order valence-corrected chi connectivity index (χ2v) is 14.1. The number of hydrogen-bond donors (Lipinski definition) is 1. The number of nitrogen functional groups attached to an aromatic ring is 1. The van der Waals surface area contributed by atoms with Crippen molar-refractivity contribution < 1.29 is 0 Å². The molecule has 2 nitrogen and oxygen atoms in total. The molecule has 8 aromatic carbocycles. The Kier molecular flexibility index (Phi) is 7.56. The first-order valence-electron chi connectivity index (χ1n) is 18.1. The van der Waals surface area contributed by atoms with Crippen LogP contribution in [0, 0.1) is 20.8 Å². The first-order chi connectivity index (χ1) is 25.5. The molecule has 2 N–H and O–H groups in total. The fourth-order valence-electron chi connectivity index (χ4n) is 8.70. The highest BCUT2D eigenvalue weighted by Gasteiger charge is 2.47. The molecule has 0 bridgehead atoms. The predicted octanol–water partition coefficient (Wildman–Crippen LogP) is 12.8. The first-order valence-corrected chi connectivity index (χ1v) is 18.1. The summed E-state index contributed by atoms with van der Waals surface area (Å²) in [5.74, 6) is 0. The van der Waals surface area contributed by atoms with Gasteiger partial charge in [0.15, 0.2) is 0 Å². The second-order valence-electron chi connectivity index (χ2n) is 14.1. The third-order valence-corrected chi connectivity index (χ3v) is 11.0. The summed E-state index contributed by atoms with van der Waals surface area (Å²) >= 11 is 0. The molecule has 0 spiro atoms. The summed E-state index contributed by atoms with van der Waals surface area (Å²) in [6.45, 7) is 6.64. The Labute approximate surface area is 306 Å². The maximum absolute atomic E-state index is 6.34. The van der Waals surface area contributed by atoms with Gasteiger partial charge in [-0.2, -0.15) is 0 Å². The van der Waals surface area contributed by atoms with Gasteiger partial charge in [0, 0.05) is 22.3 Å². The van der Waals surface area contributed by atoms with E-state index in [-0.39, 0.29) is 0 Å². The Morgan fingerprint density at radius 1 is 0.442 bits per heavy atom. The highest BCUT2D eigenvalue weighted by Crippen LogP contribution is 2.60. The highest BCUT2D eigenvalue weighted by atomic mass is 15.1. The van der Waals surface area contributed by atoms with Crippen molar-refractivity contribution in [2.24, 2.45) is 0 Å². The Balaban J connectivity index is 1.46. The third kappa shape index (κ3) is 4.79. The number of hydrogen-bond acceptors (Lipinski definition) is 2. The minimum absolute atomic E-state index is 0.545. The SMILES string of the molecule is Cc1ccc2c(c1)C(c1ccccc1)(c1ccccc1)c1cc(N(c3ccc(N)cc3)c3cccc(C)c3-c3ccccc3C)c3ccccc3c1-2. The van der Waals surface area contributed by atoms with E-state index in [9.17, 15) is 0 Å². The van der Waals surface area contributed by atoms with E-state index in [1.807, 2.05) is 12.1 Å². The second kappa shape index (κ2) is 12.4. The van der Waals surface area contributed by atoms with Gasteiger partial charge in [0.2, 0.25) is 0 Å². The zero-order valence-corrected chi connectivity index (χ0v) is 29.8. The van der Waals surface area contributed by atoms with Gasteiger partial charge in [-0.05, 0) is 113 Å². The lowest BCUT2D eigenvalue weighted by Gasteiger charge is -2.36. The van der Waals surface area contributed by atoms with Crippen LogP contribution in [0.4, 0.5) is 22.7 Å². The molecule has 0 aromatic heterocycles. The van der Waals surface area contributed by atoms with Crippen LogP contribution in [0.1, 0.15) is 38.9 Å². The average molecular weight is 669 g/mol. The number of benzene rings is 8. The van der Waals surface area contributed by atoms with Gasteiger partial charge < -0.3 is 10.6 Å². The lowest BCUT2D eigenvalue weighted by molar-refractivity contribution is 0.768. The number of aryl methyl sites for hydroxylation is 3. The molecule has 0 saturated carbocycles. The number of anilines is 4. The van der Waals surface area contributed by atoms with Crippen LogP contribution >= 0.6 is 0 Å². The number of nitrogens with zero attached hydrogens (tertiary/aromatic N) is 1. The maximum atomic E-state index is 6.34. The molecule has 0 amide bonds. The summed E-state index contributed by atoms with van der Waals surface area (Å²) in [5.41, 5.74) is 23.7. The van der Waals surface area contributed by atoms with Gasteiger partial charge in [-0.25, -0.2) is 0 Å². The molecule has 1 aliphatic carbocycles. The topological polar surface area (TPSA) is 29.3 Å². The van der Waals surface area contributed by atoms with Crippen LogP contribution in [-0.4, -0.2) is 0 Å². The summed E-state index contributed by atoms with van der Waals surface area (Å²) in [5, 5.41) is 2.43. The molecule has 0 unspecified atom stereocenters. The summed E-state index contributed by atoms with van der Waals surface area (Å²) in [6, 6.07) is 64.4. The van der Waals surface area contributed by atoms with Crippen LogP contribution in [0.25, 0.3) is 33.0 Å². The number of fused-ring (bicyclic) bond motifs is 5. The van der Waals surface area contributed by atoms with Crippen LogP contribution in [-0.2, 0) is 5.41 Å². The molecule has 0 fully saturated rings. The van der Waals surface area contributed by atoms with Crippen molar-refractivity contribution in [1.82, 2.24) is 0 Å². The van der Waals surface area contributed by atoms with E-state index in [1.54, 1.807) is 0 Å². The molecule has 1 aliphatic rings. The van der Waals surface area contributed by atoms with Crippen LogP contribution in [0.3, 0.4) is 0 Å². The lowest BCUT2D eigenvalue weighted by atomic mass is 9.67. The Bertz CT molecular complexity index is 2560. The molecule has 0 saturated heterocycles. The van der Waals surface area contributed by atoms with E-state index in [4.69, 9.17) is 5.73 Å². The summed E-state index contributed by atoms with van der Waals surface area (Å²) < 4.78 is 0. The highest BCUT2D eigenvalue weighted by molar-refractivity contribution is 6.11. The smallest absolute Gasteiger partial charge is 0.0714 e. The molecule has 0 atom stereocenters. The molecular formula is C50H40N2. The Hall–Kier alpha value is -6.38. The third-order valence-electron chi connectivity index (χ3n) is 11.0. The zero-order valence-electron chi connectivity index (χ0n) is 29.8. The summed E-state index contributed by atoms with van der Waals surface area (Å²) in [7, 11) is 0. The van der Waals surface area contributed by atoms with Crippen molar-refractivity contribution in [2.75, 3.05) is 10.6 Å². The number of nitrogens with two attached hydrogens (primary N) is 1. The van der Waals surface area contributed by atoms with Gasteiger partial charge in [0.1, 0.15) is 0 Å². The van der Waals surface area contributed by atoms with Gasteiger partial charge in [-0.3, -0.25) is 0 Å². The van der Waals surface area contributed by atoms with E-state index in [2.05, 4.69) is 189 Å². The molecule has 250 valence electrons. The van der Waals surface area contributed by atoms with E-state index in [1.165, 1.54) is 72.0 Å². The van der Waals surface area contributed by atoms with Crippen molar-refractivity contribution in [3.8, 4) is 22.3 Å². The average Bonchev–Trinajstić information content (AvgIpc) is 3.47.